The summed E-state index contributed by atoms with van der Waals surface area (Å²) in [6.07, 6.45) is 0. The van der Waals surface area contributed by atoms with Crippen LogP contribution in [0, 0.1) is 0 Å². The fourth-order valence-electron chi connectivity index (χ4n) is 8.63. The van der Waals surface area contributed by atoms with E-state index in [2.05, 4.69) is 152 Å². The Kier molecular flexibility index (Phi) is 5.59. The van der Waals surface area contributed by atoms with E-state index in [4.69, 9.17) is 4.42 Å². The van der Waals surface area contributed by atoms with E-state index in [0.717, 1.165) is 21.9 Å². The number of thiophene rings is 2. The molecule has 0 atom stereocenters. The molecule has 51 heavy (non-hydrogen) atoms. The number of rotatable bonds is 2. The highest BCUT2D eigenvalue weighted by Gasteiger charge is 2.24. The minimum atomic E-state index is 0.917. The molecule has 0 amide bonds. The average molecular weight is 683 g/mol. The van der Waals surface area contributed by atoms with Crippen molar-refractivity contribution in [1.29, 1.82) is 0 Å². The van der Waals surface area contributed by atoms with E-state index in [1.165, 1.54) is 94.9 Å². The monoisotopic (exact) mass is 682 g/mol. The normalized spacial score (nSPS) is 12.3. The zero-order valence-electron chi connectivity index (χ0n) is 27.2. The van der Waals surface area contributed by atoms with Crippen LogP contribution in [0.5, 0.6) is 0 Å². The number of fused-ring (bicyclic) bond motifs is 13. The minimum Gasteiger partial charge on any atom is -0.456 e. The zero-order valence-corrected chi connectivity index (χ0v) is 28.9. The molecule has 3 aromatic heterocycles. The molecule has 0 bridgehead atoms. The van der Waals surface area contributed by atoms with Gasteiger partial charge in [-0.05, 0) is 73.8 Å². The van der Waals surface area contributed by atoms with E-state index in [9.17, 15) is 0 Å². The molecule has 0 N–H and O–H groups in total. The topological polar surface area (TPSA) is 13.1 Å². The predicted molar refractivity (Wildman–Crippen MR) is 223 cm³/mol. The maximum atomic E-state index is 6.42. The van der Waals surface area contributed by atoms with Gasteiger partial charge in [-0.1, -0.05) is 127 Å². The third-order valence-electron chi connectivity index (χ3n) is 10.8. The fourth-order valence-corrected chi connectivity index (χ4v) is 11.3. The summed E-state index contributed by atoms with van der Waals surface area (Å²) in [6.45, 7) is 0. The molecule has 236 valence electrons. The Balaban J connectivity index is 1.26. The average Bonchev–Trinajstić information content (AvgIpc) is 3.87. The molecule has 3 heterocycles. The predicted octanol–water partition coefficient (Wildman–Crippen LogP) is 15.1. The van der Waals surface area contributed by atoms with Crippen LogP contribution in [0.1, 0.15) is 0 Å². The highest BCUT2D eigenvalue weighted by atomic mass is 32.1. The van der Waals surface area contributed by atoms with Crippen LogP contribution in [0.25, 0.3) is 117 Å². The number of hydrogen-bond acceptors (Lipinski definition) is 3. The fraction of sp³-hybridized carbons (Fsp3) is 0. The van der Waals surface area contributed by atoms with Crippen LogP contribution in [0.4, 0.5) is 0 Å². The highest BCUT2D eigenvalue weighted by molar-refractivity contribution is 7.29. The van der Waals surface area contributed by atoms with Crippen molar-refractivity contribution >= 4 is 117 Å². The highest BCUT2D eigenvalue weighted by Crippen LogP contribution is 2.54. The van der Waals surface area contributed by atoms with Crippen LogP contribution < -0.4 is 0 Å². The van der Waals surface area contributed by atoms with Crippen LogP contribution in [-0.2, 0) is 0 Å². The molecule has 12 rings (SSSR count). The minimum absolute atomic E-state index is 0.917. The van der Waals surface area contributed by atoms with Gasteiger partial charge in [-0.3, -0.25) is 0 Å². The largest absolute Gasteiger partial charge is 0.456 e. The van der Waals surface area contributed by atoms with E-state index in [-0.39, 0.29) is 0 Å². The van der Waals surface area contributed by atoms with Crippen molar-refractivity contribution in [2.75, 3.05) is 0 Å². The molecular weight excluding hydrogens is 657 g/mol. The van der Waals surface area contributed by atoms with Crippen molar-refractivity contribution in [1.82, 2.24) is 0 Å². The van der Waals surface area contributed by atoms with Crippen molar-refractivity contribution in [3.8, 4) is 22.3 Å². The summed E-state index contributed by atoms with van der Waals surface area (Å²) in [5.41, 5.74) is 6.91. The first-order valence-corrected chi connectivity index (χ1v) is 19.0. The first-order valence-electron chi connectivity index (χ1n) is 17.3. The molecule has 1 nitrogen and oxygen atoms in total. The van der Waals surface area contributed by atoms with Crippen molar-refractivity contribution in [3.05, 3.63) is 158 Å². The summed E-state index contributed by atoms with van der Waals surface area (Å²) >= 11 is 3.88. The second-order valence-electron chi connectivity index (χ2n) is 13.5. The molecule has 0 radical (unpaired) electrons. The van der Waals surface area contributed by atoms with Crippen LogP contribution in [0.2, 0.25) is 0 Å². The molecule has 9 aromatic carbocycles. The molecule has 0 spiro atoms. The second-order valence-corrected chi connectivity index (χ2v) is 15.6. The lowest BCUT2D eigenvalue weighted by molar-refractivity contribution is 0.669. The summed E-state index contributed by atoms with van der Waals surface area (Å²) in [7, 11) is 0. The molecular formula is C48H26OS2. The number of furan rings is 1. The third kappa shape index (κ3) is 3.80. The van der Waals surface area contributed by atoms with E-state index >= 15 is 0 Å². The summed E-state index contributed by atoms with van der Waals surface area (Å²) < 4.78 is 11.8. The molecule has 0 fully saturated rings. The lowest BCUT2D eigenvalue weighted by Crippen LogP contribution is -1.91. The van der Waals surface area contributed by atoms with Crippen LogP contribution in [0.3, 0.4) is 0 Å². The number of hydrogen-bond donors (Lipinski definition) is 0. The summed E-state index contributed by atoms with van der Waals surface area (Å²) in [5.74, 6) is 0. The maximum Gasteiger partial charge on any atom is 0.136 e. The number of benzene rings is 9. The molecule has 3 heteroatoms. The standard InChI is InChI=1S/C48H26OS2/c1-2-12-29-27(11-1)21-24-37-39-26-38-32-14-8-10-20-42(32)50-47(38)45(48(39)51-46(29)37)44-35-17-5-3-15-33(35)43(34-16-4-6-18-36(34)44)28-22-23-31-30-13-7-9-19-40(30)49-41(31)25-28/h1-26H. The molecule has 0 saturated carbocycles. The Bertz CT molecular complexity index is 3370. The maximum absolute atomic E-state index is 6.42. The lowest BCUT2D eigenvalue weighted by atomic mass is 9.85. The molecule has 0 aliphatic rings. The van der Waals surface area contributed by atoms with Crippen molar-refractivity contribution in [2.24, 2.45) is 0 Å². The zero-order chi connectivity index (χ0) is 33.2. The Morgan fingerprint density at radius 3 is 1.67 bits per heavy atom. The molecule has 0 unspecified atom stereocenters. The third-order valence-corrected chi connectivity index (χ3v) is 13.3. The van der Waals surface area contributed by atoms with Gasteiger partial charge in [0.15, 0.2) is 0 Å². The van der Waals surface area contributed by atoms with Crippen LogP contribution >= 0.6 is 22.7 Å². The number of para-hydroxylation sites is 1. The SMILES string of the molecule is c1ccc2c(c1)ccc1c3cc4c(sc5ccccc54)c(-c4c5ccccc5c(-c5ccc6c(c5)oc5ccccc56)c5ccccc45)c3sc21. The van der Waals surface area contributed by atoms with Crippen LogP contribution in [0.15, 0.2) is 162 Å². The van der Waals surface area contributed by atoms with E-state index in [0.29, 0.717) is 0 Å². The van der Waals surface area contributed by atoms with Gasteiger partial charge in [-0.15, -0.1) is 22.7 Å². The van der Waals surface area contributed by atoms with Gasteiger partial charge in [0.1, 0.15) is 11.2 Å². The first kappa shape index (κ1) is 27.8. The summed E-state index contributed by atoms with van der Waals surface area (Å²) in [6, 6.07) is 58.0. The van der Waals surface area contributed by atoms with Gasteiger partial charge in [0.25, 0.3) is 0 Å². The molecule has 0 aliphatic carbocycles. The van der Waals surface area contributed by atoms with Gasteiger partial charge in [0, 0.05) is 62.2 Å². The Morgan fingerprint density at radius 2 is 0.882 bits per heavy atom. The van der Waals surface area contributed by atoms with E-state index < -0.39 is 0 Å². The first-order chi connectivity index (χ1) is 25.3. The Labute approximate surface area is 300 Å². The molecule has 0 saturated heterocycles. The van der Waals surface area contributed by atoms with Gasteiger partial charge in [-0.25, -0.2) is 0 Å². The van der Waals surface area contributed by atoms with Gasteiger partial charge in [0.05, 0.1) is 0 Å². The van der Waals surface area contributed by atoms with Crippen LogP contribution in [-0.4, -0.2) is 0 Å². The smallest absolute Gasteiger partial charge is 0.136 e. The quantitative estimate of drug-likeness (QED) is 0.165. The van der Waals surface area contributed by atoms with Gasteiger partial charge < -0.3 is 4.42 Å². The van der Waals surface area contributed by atoms with Gasteiger partial charge in [0.2, 0.25) is 0 Å². The van der Waals surface area contributed by atoms with E-state index in [1.54, 1.807) is 0 Å². The Morgan fingerprint density at radius 1 is 0.314 bits per heavy atom. The van der Waals surface area contributed by atoms with E-state index in [1.807, 2.05) is 28.7 Å². The summed E-state index contributed by atoms with van der Waals surface area (Å²) in [4.78, 5) is 0. The molecule has 12 aromatic rings. The van der Waals surface area contributed by atoms with Crippen molar-refractivity contribution in [2.45, 2.75) is 0 Å². The Hall–Kier alpha value is -6.00. The second kappa shape index (κ2) is 10.3. The van der Waals surface area contributed by atoms with Crippen molar-refractivity contribution in [3.63, 3.8) is 0 Å². The molecule has 0 aliphatic heterocycles. The summed E-state index contributed by atoms with van der Waals surface area (Å²) in [5, 5.41) is 15.3. The van der Waals surface area contributed by atoms with Crippen molar-refractivity contribution < 1.29 is 4.42 Å². The van der Waals surface area contributed by atoms with Gasteiger partial charge >= 0.3 is 0 Å². The van der Waals surface area contributed by atoms with Gasteiger partial charge in [-0.2, -0.15) is 0 Å². The lowest BCUT2D eigenvalue weighted by Gasteiger charge is -2.18.